The molecule has 1 aromatic rings. The van der Waals surface area contributed by atoms with Gasteiger partial charge >= 0.3 is 0 Å². The van der Waals surface area contributed by atoms with Gasteiger partial charge in [-0.05, 0) is 6.08 Å². The normalized spacial score (nSPS) is 9.18. The molecule has 1 rings (SSSR count). The van der Waals surface area contributed by atoms with Crippen molar-refractivity contribution in [3.63, 3.8) is 0 Å². The number of pyridine rings is 1. The standard InChI is InChI=1S/C8H10N2O/c1-3-6-4-7(11-2)5-8(9)10-6/h3-5H,1H2,2H3,(H2,9,10). The predicted octanol–water partition coefficient (Wildman–Crippen LogP) is 1.32. The van der Waals surface area contributed by atoms with Crippen molar-refractivity contribution in [2.45, 2.75) is 0 Å². The van der Waals surface area contributed by atoms with Gasteiger partial charge in [0.2, 0.25) is 0 Å². The Bertz CT molecular complexity index is 271. The van der Waals surface area contributed by atoms with Crippen molar-refractivity contribution in [1.29, 1.82) is 0 Å². The van der Waals surface area contributed by atoms with Crippen LogP contribution in [0.5, 0.6) is 5.75 Å². The zero-order valence-corrected chi connectivity index (χ0v) is 6.37. The van der Waals surface area contributed by atoms with Gasteiger partial charge in [-0.25, -0.2) is 4.98 Å². The monoisotopic (exact) mass is 150 g/mol. The second-order valence-electron chi connectivity index (χ2n) is 2.06. The molecule has 0 saturated heterocycles. The fourth-order valence-corrected chi connectivity index (χ4v) is 0.769. The van der Waals surface area contributed by atoms with Crippen molar-refractivity contribution >= 4 is 11.9 Å². The Balaban J connectivity index is 3.11. The van der Waals surface area contributed by atoms with Gasteiger partial charge in [-0.1, -0.05) is 6.58 Å². The lowest BCUT2D eigenvalue weighted by molar-refractivity contribution is 0.414. The highest BCUT2D eigenvalue weighted by atomic mass is 16.5. The van der Waals surface area contributed by atoms with Crippen LogP contribution in [0.3, 0.4) is 0 Å². The minimum Gasteiger partial charge on any atom is -0.497 e. The van der Waals surface area contributed by atoms with E-state index in [1.165, 1.54) is 0 Å². The van der Waals surface area contributed by atoms with Crippen LogP contribution in [0, 0.1) is 0 Å². The van der Waals surface area contributed by atoms with Crippen LogP contribution in [0.25, 0.3) is 6.08 Å². The van der Waals surface area contributed by atoms with E-state index in [2.05, 4.69) is 11.6 Å². The zero-order chi connectivity index (χ0) is 8.27. The molecule has 0 saturated carbocycles. The van der Waals surface area contributed by atoms with E-state index in [0.717, 1.165) is 5.69 Å². The first-order chi connectivity index (χ1) is 5.26. The Hall–Kier alpha value is -1.51. The summed E-state index contributed by atoms with van der Waals surface area (Å²) in [4.78, 5) is 3.98. The van der Waals surface area contributed by atoms with E-state index in [-0.39, 0.29) is 0 Å². The molecule has 11 heavy (non-hydrogen) atoms. The van der Waals surface area contributed by atoms with E-state index >= 15 is 0 Å². The summed E-state index contributed by atoms with van der Waals surface area (Å²) >= 11 is 0. The molecule has 0 aliphatic rings. The van der Waals surface area contributed by atoms with E-state index in [4.69, 9.17) is 10.5 Å². The molecule has 1 aromatic heterocycles. The molecule has 0 amide bonds. The third-order valence-corrected chi connectivity index (χ3v) is 1.28. The van der Waals surface area contributed by atoms with Crippen molar-refractivity contribution in [2.24, 2.45) is 0 Å². The summed E-state index contributed by atoms with van der Waals surface area (Å²) in [5.74, 6) is 1.15. The highest BCUT2D eigenvalue weighted by Gasteiger charge is 1.95. The number of hydrogen-bond donors (Lipinski definition) is 1. The van der Waals surface area contributed by atoms with Crippen molar-refractivity contribution in [3.8, 4) is 5.75 Å². The summed E-state index contributed by atoms with van der Waals surface area (Å²) < 4.78 is 4.97. The van der Waals surface area contributed by atoms with Crippen molar-refractivity contribution in [1.82, 2.24) is 4.98 Å². The molecule has 0 radical (unpaired) electrons. The number of methoxy groups -OCH3 is 1. The summed E-state index contributed by atoms with van der Waals surface area (Å²) in [5.41, 5.74) is 6.20. The molecule has 0 aliphatic heterocycles. The molecule has 3 nitrogen and oxygen atoms in total. The Morgan fingerprint density at radius 2 is 2.36 bits per heavy atom. The molecular weight excluding hydrogens is 140 g/mol. The molecule has 58 valence electrons. The number of hydrogen-bond acceptors (Lipinski definition) is 3. The SMILES string of the molecule is C=Cc1cc(OC)cc(N)n1. The van der Waals surface area contributed by atoms with E-state index in [0.29, 0.717) is 11.6 Å². The highest BCUT2D eigenvalue weighted by Crippen LogP contribution is 2.15. The van der Waals surface area contributed by atoms with Gasteiger partial charge in [0, 0.05) is 12.1 Å². The third kappa shape index (κ3) is 1.70. The smallest absolute Gasteiger partial charge is 0.127 e. The molecule has 1 heterocycles. The van der Waals surface area contributed by atoms with Crippen molar-refractivity contribution < 1.29 is 4.74 Å². The largest absolute Gasteiger partial charge is 0.497 e. The molecule has 0 unspecified atom stereocenters. The lowest BCUT2D eigenvalue weighted by Gasteiger charge is -2.01. The van der Waals surface area contributed by atoms with Crippen molar-refractivity contribution in [3.05, 3.63) is 24.4 Å². The zero-order valence-electron chi connectivity index (χ0n) is 6.37. The van der Waals surface area contributed by atoms with Crippen LogP contribution >= 0.6 is 0 Å². The average Bonchev–Trinajstić information content (AvgIpc) is 2.03. The molecule has 0 bridgehead atoms. The molecule has 2 N–H and O–H groups in total. The predicted molar refractivity (Wildman–Crippen MR) is 45.3 cm³/mol. The van der Waals surface area contributed by atoms with Gasteiger partial charge in [0.1, 0.15) is 11.6 Å². The number of nitrogen functional groups attached to an aromatic ring is 1. The van der Waals surface area contributed by atoms with Crippen LogP contribution in [0.15, 0.2) is 18.7 Å². The Morgan fingerprint density at radius 3 is 2.91 bits per heavy atom. The minimum absolute atomic E-state index is 0.444. The maximum absolute atomic E-state index is 5.47. The maximum atomic E-state index is 5.47. The van der Waals surface area contributed by atoms with Crippen LogP contribution in [-0.2, 0) is 0 Å². The number of nitrogens with two attached hydrogens (primary N) is 1. The molecule has 0 atom stereocenters. The van der Waals surface area contributed by atoms with E-state index < -0.39 is 0 Å². The number of ether oxygens (including phenoxy) is 1. The second-order valence-corrected chi connectivity index (χ2v) is 2.06. The third-order valence-electron chi connectivity index (χ3n) is 1.28. The van der Waals surface area contributed by atoms with Crippen LogP contribution in [0.4, 0.5) is 5.82 Å². The number of nitrogens with zero attached hydrogens (tertiary/aromatic N) is 1. The Kier molecular flexibility index (Phi) is 2.11. The van der Waals surface area contributed by atoms with Crippen LogP contribution in [0.2, 0.25) is 0 Å². The van der Waals surface area contributed by atoms with E-state index in [1.54, 1.807) is 25.3 Å². The summed E-state index contributed by atoms with van der Waals surface area (Å²) in [6.07, 6.45) is 1.62. The fourth-order valence-electron chi connectivity index (χ4n) is 0.769. The molecule has 3 heteroatoms. The highest BCUT2D eigenvalue weighted by molar-refractivity contribution is 5.50. The Labute approximate surface area is 65.5 Å². The first-order valence-corrected chi connectivity index (χ1v) is 3.20. The van der Waals surface area contributed by atoms with Gasteiger partial charge < -0.3 is 10.5 Å². The average molecular weight is 150 g/mol. The first-order valence-electron chi connectivity index (χ1n) is 3.20. The molecule has 0 aliphatic carbocycles. The van der Waals surface area contributed by atoms with Gasteiger partial charge in [-0.15, -0.1) is 0 Å². The summed E-state index contributed by atoms with van der Waals surface area (Å²) in [5, 5.41) is 0. The first kappa shape index (κ1) is 7.60. The van der Waals surface area contributed by atoms with E-state index in [1.807, 2.05) is 0 Å². The maximum Gasteiger partial charge on any atom is 0.127 e. The number of rotatable bonds is 2. The topological polar surface area (TPSA) is 48.1 Å². The fraction of sp³-hybridized carbons (Fsp3) is 0.125. The lowest BCUT2D eigenvalue weighted by atomic mass is 10.3. The molecule has 0 spiro atoms. The molecule has 0 fully saturated rings. The molecular formula is C8H10N2O. The van der Waals surface area contributed by atoms with Gasteiger partial charge in [0.15, 0.2) is 0 Å². The van der Waals surface area contributed by atoms with Gasteiger partial charge in [-0.2, -0.15) is 0 Å². The van der Waals surface area contributed by atoms with E-state index in [9.17, 15) is 0 Å². The molecule has 0 aromatic carbocycles. The summed E-state index contributed by atoms with van der Waals surface area (Å²) in [6.45, 7) is 3.57. The quantitative estimate of drug-likeness (QED) is 0.691. The summed E-state index contributed by atoms with van der Waals surface area (Å²) in [6, 6.07) is 3.43. The van der Waals surface area contributed by atoms with Crippen LogP contribution < -0.4 is 10.5 Å². The van der Waals surface area contributed by atoms with Crippen LogP contribution in [0.1, 0.15) is 5.69 Å². The summed E-state index contributed by atoms with van der Waals surface area (Å²) in [7, 11) is 1.58. The van der Waals surface area contributed by atoms with Gasteiger partial charge in [0.25, 0.3) is 0 Å². The van der Waals surface area contributed by atoms with Gasteiger partial charge in [0.05, 0.1) is 12.8 Å². The van der Waals surface area contributed by atoms with Crippen LogP contribution in [-0.4, -0.2) is 12.1 Å². The number of aromatic nitrogens is 1. The Morgan fingerprint density at radius 1 is 1.64 bits per heavy atom. The number of anilines is 1. The van der Waals surface area contributed by atoms with Gasteiger partial charge in [-0.3, -0.25) is 0 Å². The lowest BCUT2D eigenvalue weighted by Crippen LogP contribution is -1.93. The minimum atomic E-state index is 0.444. The second kappa shape index (κ2) is 3.05. The van der Waals surface area contributed by atoms with Crippen molar-refractivity contribution in [2.75, 3.05) is 12.8 Å².